The van der Waals surface area contributed by atoms with Crippen LogP contribution in [0.25, 0.3) is 0 Å². The molecule has 1 unspecified atom stereocenters. The Balaban J connectivity index is 1.86. The number of nitrogens with zero attached hydrogens (tertiary/aromatic N) is 4. The molecule has 0 radical (unpaired) electrons. The molecule has 0 aliphatic rings. The van der Waals surface area contributed by atoms with Crippen LogP contribution in [0.4, 0.5) is 0 Å². The average molecular weight is 261 g/mol. The summed E-state index contributed by atoms with van der Waals surface area (Å²) >= 11 is 0. The molecule has 19 heavy (non-hydrogen) atoms. The van der Waals surface area contributed by atoms with Crippen LogP contribution in [0.3, 0.4) is 0 Å². The highest BCUT2D eigenvalue weighted by molar-refractivity contribution is 5.10. The standard InChI is InChI=1S/C14H23N5/c1-4-6-15-12(2)14-9-17-19(11-14)7-5-13-8-16-18(3)10-13/h8-12,15H,4-7H2,1-3H3. The van der Waals surface area contributed by atoms with E-state index in [1.165, 1.54) is 11.1 Å². The number of nitrogens with one attached hydrogen (secondary N) is 1. The van der Waals surface area contributed by atoms with E-state index in [1.807, 2.05) is 28.8 Å². The predicted molar refractivity (Wildman–Crippen MR) is 75.8 cm³/mol. The van der Waals surface area contributed by atoms with Gasteiger partial charge in [0.1, 0.15) is 0 Å². The lowest BCUT2D eigenvalue weighted by Crippen LogP contribution is -2.18. The highest BCUT2D eigenvalue weighted by Crippen LogP contribution is 2.11. The molecule has 104 valence electrons. The van der Waals surface area contributed by atoms with Crippen LogP contribution in [-0.2, 0) is 20.0 Å². The molecule has 2 heterocycles. The molecule has 5 heteroatoms. The van der Waals surface area contributed by atoms with Gasteiger partial charge >= 0.3 is 0 Å². The van der Waals surface area contributed by atoms with E-state index in [9.17, 15) is 0 Å². The van der Waals surface area contributed by atoms with Crippen LogP contribution in [0.15, 0.2) is 24.8 Å². The van der Waals surface area contributed by atoms with E-state index in [1.54, 1.807) is 0 Å². The first-order valence-electron chi connectivity index (χ1n) is 6.92. The van der Waals surface area contributed by atoms with Gasteiger partial charge < -0.3 is 5.32 Å². The van der Waals surface area contributed by atoms with Crippen molar-refractivity contribution in [2.45, 2.75) is 39.3 Å². The summed E-state index contributed by atoms with van der Waals surface area (Å²) in [7, 11) is 1.94. The number of rotatable bonds is 7. The average Bonchev–Trinajstić information content (AvgIpc) is 3.02. The second kappa shape index (κ2) is 6.52. The second-order valence-electron chi connectivity index (χ2n) is 4.98. The molecule has 0 aromatic carbocycles. The summed E-state index contributed by atoms with van der Waals surface area (Å²) in [5.41, 5.74) is 2.50. The SMILES string of the molecule is CCCNC(C)c1cnn(CCc2cnn(C)c2)c1. The molecule has 1 N–H and O–H groups in total. The summed E-state index contributed by atoms with van der Waals surface area (Å²) in [5, 5.41) is 12.1. The Morgan fingerprint density at radius 1 is 1.26 bits per heavy atom. The van der Waals surface area contributed by atoms with Crippen molar-refractivity contribution in [3.8, 4) is 0 Å². The Morgan fingerprint density at radius 2 is 2.11 bits per heavy atom. The molecular formula is C14H23N5. The molecule has 0 aliphatic carbocycles. The van der Waals surface area contributed by atoms with Crippen molar-refractivity contribution in [3.05, 3.63) is 35.9 Å². The van der Waals surface area contributed by atoms with Crippen molar-refractivity contribution in [1.82, 2.24) is 24.9 Å². The van der Waals surface area contributed by atoms with Crippen LogP contribution >= 0.6 is 0 Å². The van der Waals surface area contributed by atoms with Gasteiger partial charge in [0, 0.05) is 37.6 Å². The van der Waals surface area contributed by atoms with Crippen LogP contribution in [0, 0.1) is 0 Å². The Hall–Kier alpha value is -1.62. The number of aryl methyl sites for hydroxylation is 3. The van der Waals surface area contributed by atoms with Gasteiger partial charge in [-0.25, -0.2) is 0 Å². The third-order valence-electron chi connectivity index (χ3n) is 3.24. The monoisotopic (exact) mass is 261 g/mol. The van der Waals surface area contributed by atoms with Gasteiger partial charge in [-0.15, -0.1) is 0 Å². The summed E-state index contributed by atoms with van der Waals surface area (Å²) in [6.45, 7) is 6.30. The minimum Gasteiger partial charge on any atom is -0.310 e. The Kier molecular flexibility index (Phi) is 4.74. The Labute approximate surface area is 114 Å². The van der Waals surface area contributed by atoms with E-state index < -0.39 is 0 Å². The Bertz CT molecular complexity index is 499. The maximum atomic E-state index is 4.42. The van der Waals surface area contributed by atoms with Crippen molar-refractivity contribution >= 4 is 0 Å². The molecule has 1 atom stereocenters. The maximum absolute atomic E-state index is 4.42. The molecule has 2 rings (SSSR count). The molecule has 2 aromatic rings. The van der Waals surface area contributed by atoms with Gasteiger partial charge in [0.25, 0.3) is 0 Å². The van der Waals surface area contributed by atoms with Gasteiger partial charge in [0.2, 0.25) is 0 Å². The van der Waals surface area contributed by atoms with Gasteiger partial charge in [-0.2, -0.15) is 10.2 Å². The van der Waals surface area contributed by atoms with Gasteiger partial charge in [-0.05, 0) is 31.9 Å². The number of aromatic nitrogens is 4. The molecule has 2 aromatic heterocycles. The van der Waals surface area contributed by atoms with E-state index in [2.05, 4.69) is 41.8 Å². The van der Waals surface area contributed by atoms with Crippen molar-refractivity contribution in [1.29, 1.82) is 0 Å². The summed E-state index contributed by atoms with van der Waals surface area (Å²) < 4.78 is 3.84. The van der Waals surface area contributed by atoms with E-state index >= 15 is 0 Å². The molecule has 5 nitrogen and oxygen atoms in total. The second-order valence-corrected chi connectivity index (χ2v) is 4.98. The van der Waals surface area contributed by atoms with E-state index in [4.69, 9.17) is 0 Å². The smallest absolute Gasteiger partial charge is 0.0537 e. The zero-order chi connectivity index (χ0) is 13.7. The van der Waals surface area contributed by atoms with Gasteiger partial charge in [0.05, 0.1) is 12.4 Å². The van der Waals surface area contributed by atoms with E-state index in [0.29, 0.717) is 6.04 Å². The zero-order valence-electron chi connectivity index (χ0n) is 12.0. The molecule has 0 amide bonds. The fourth-order valence-corrected chi connectivity index (χ4v) is 2.05. The van der Waals surface area contributed by atoms with Crippen LogP contribution < -0.4 is 5.32 Å². The fraction of sp³-hybridized carbons (Fsp3) is 0.571. The van der Waals surface area contributed by atoms with E-state index in [0.717, 1.165) is 25.9 Å². The van der Waals surface area contributed by atoms with Crippen LogP contribution in [0.1, 0.15) is 37.4 Å². The highest BCUT2D eigenvalue weighted by atomic mass is 15.3. The third kappa shape index (κ3) is 3.92. The zero-order valence-corrected chi connectivity index (χ0v) is 12.0. The van der Waals surface area contributed by atoms with Crippen molar-refractivity contribution in [3.63, 3.8) is 0 Å². The first-order chi connectivity index (χ1) is 9.19. The minimum absolute atomic E-state index is 0.368. The molecule has 0 spiro atoms. The van der Waals surface area contributed by atoms with Gasteiger partial charge in [-0.3, -0.25) is 9.36 Å². The summed E-state index contributed by atoms with van der Waals surface area (Å²) in [6, 6.07) is 0.368. The lowest BCUT2D eigenvalue weighted by Gasteiger charge is -2.10. The highest BCUT2D eigenvalue weighted by Gasteiger charge is 2.07. The van der Waals surface area contributed by atoms with Crippen LogP contribution in [-0.4, -0.2) is 26.1 Å². The largest absolute Gasteiger partial charge is 0.310 e. The summed E-state index contributed by atoms with van der Waals surface area (Å²) in [4.78, 5) is 0. The fourth-order valence-electron chi connectivity index (χ4n) is 2.05. The molecule has 0 saturated heterocycles. The maximum Gasteiger partial charge on any atom is 0.0537 e. The molecule has 0 bridgehead atoms. The number of hydrogen-bond donors (Lipinski definition) is 1. The lowest BCUT2D eigenvalue weighted by molar-refractivity contribution is 0.567. The van der Waals surface area contributed by atoms with Crippen molar-refractivity contribution in [2.75, 3.05) is 6.54 Å². The van der Waals surface area contributed by atoms with Crippen LogP contribution in [0.2, 0.25) is 0 Å². The predicted octanol–water partition coefficient (Wildman–Crippen LogP) is 1.92. The molecule has 0 saturated carbocycles. The summed E-state index contributed by atoms with van der Waals surface area (Å²) in [6.07, 6.45) is 10.2. The summed E-state index contributed by atoms with van der Waals surface area (Å²) in [5.74, 6) is 0. The number of hydrogen-bond acceptors (Lipinski definition) is 3. The van der Waals surface area contributed by atoms with Gasteiger partial charge in [-0.1, -0.05) is 6.92 Å². The first kappa shape index (κ1) is 13.8. The molecule has 0 fully saturated rings. The lowest BCUT2D eigenvalue weighted by atomic mass is 10.2. The minimum atomic E-state index is 0.368. The quantitative estimate of drug-likeness (QED) is 0.828. The third-order valence-corrected chi connectivity index (χ3v) is 3.24. The Morgan fingerprint density at radius 3 is 2.79 bits per heavy atom. The van der Waals surface area contributed by atoms with Crippen molar-refractivity contribution in [2.24, 2.45) is 7.05 Å². The van der Waals surface area contributed by atoms with Crippen LogP contribution in [0.5, 0.6) is 0 Å². The van der Waals surface area contributed by atoms with Crippen molar-refractivity contribution < 1.29 is 0 Å². The normalized spacial score (nSPS) is 12.8. The molecule has 0 aliphatic heterocycles. The molecular weight excluding hydrogens is 238 g/mol. The topological polar surface area (TPSA) is 47.7 Å². The van der Waals surface area contributed by atoms with Gasteiger partial charge in [0.15, 0.2) is 0 Å². The first-order valence-corrected chi connectivity index (χ1v) is 6.92. The van der Waals surface area contributed by atoms with E-state index in [-0.39, 0.29) is 0 Å².